The average Bonchev–Trinajstić information content (AvgIpc) is 3.60. The number of hydrogen-bond donors (Lipinski definition) is 0. The molecule has 0 bridgehead atoms. The molecule has 3 heterocycles. The Balaban J connectivity index is 1.49. The molecule has 1 aliphatic heterocycles. The SMILES string of the molecule is COc1ccc(F)c(-c2noc(C3CCCN3C(=O)c3cc(C)ccc3-n3nccn3)n2)c1F. The fourth-order valence-corrected chi connectivity index (χ4v) is 4.13. The van der Waals surface area contributed by atoms with E-state index in [1.165, 1.54) is 30.4 Å². The summed E-state index contributed by atoms with van der Waals surface area (Å²) in [6.45, 7) is 2.35. The third-order valence-corrected chi connectivity index (χ3v) is 5.76. The summed E-state index contributed by atoms with van der Waals surface area (Å²) in [5.41, 5.74) is 1.42. The number of carbonyl (C=O) groups is 1. The lowest BCUT2D eigenvalue weighted by atomic mass is 10.1. The highest BCUT2D eigenvalue weighted by Gasteiger charge is 2.36. The molecule has 0 spiro atoms. The van der Waals surface area contributed by atoms with E-state index in [9.17, 15) is 13.6 Å². The first-order valence-corrected chi connectivity index (χ1v) is 10.6. The molecular formula is C23H20F2N6O3. The van der Waals surface area contributed by atoms with Gasteiger partial charge in [0, 0.05) is 6.54 Å². The van der Waals surface area contributed by atoms with Crippen molar-refractivity contribution >= 4 is 5.91 Å². The number of aryl methyl sites for hydroxylation is 1. The van der Waals surface area contributed by atoms with Crippen LogP contribution < -0.4 is 4.74 Å². The standard InChI is InChI=1S/C23H20F2N6O3/c1-13-5-7-16(31-26-9-10-27-31)14(12-13)23(32)30-11-3-4-17(30)22-28-21(29-34-22)19-15(24)6-8-18(33-2)20(19)25/h5-10,12,17H,3-4,11H2,1-2H3. The summed E-state index contributed by atoms with van der Waals surface area (Å²) in [6, 6.07) is 7.15. The van der Waals surface area contributed by atoms with Gasteiger partial charge in [0.25, 0.3) is 5.91 Å². The molecule has 174 valence electrons. The molecule has 9 nitrogen and oxygen atoms in total. The summed E-state index contributed by atoms with van der Waals surface area (Å²) in [6.07, 6.45) is 4.34. The fourth-order valence-electron chi connectivity index (χ4n) is 4.13. The van der Waals surface area contributed by atoms with Crippen LogP contribution in [0.3, 0.4) is 0 Å². The van der Waals surface area contributed by atoms with Gasteiger partial charge in [0.2, 0.25) is 11.7 Å². The Morgan fingerprint density at radius 2 is 1.97 bits per heavy atom. The second-order valence-corrected chi connectivity index (χ2v) is 7.89. The van der Waals surface area contributed by atoms with Gasteiger partial charge in [-0.2, -0.15) is 20.0 Å². The lowest BCUT2D eigenvalue weighted by Crippen LogP contribution is -2.31. The third kappa shape index (κ3) is 3.68. The highest BCUT2D eigenvalue weighted by Crippen LogP contribution is 2.36. The van der Waals surface area contributed by atoms with Gasteiger partial charge in [0.1, 0.15) is 11.9 Å². The summed E-state index contributed by atoms with van der Waals surface area (Å²) in [5.74, 6) is -2.31. The quantitative estimate of drug-likeness (QED) is 0.440. The lowest BCUT2D eigenvalue weighted by Gasteiger charge is -2.23. The van der Waals surface area contributed by atoms with Crippen LogP contribution in [0.25, 0.3) is 17.1 Å². The molecule has 1 saturated heterocycles. The van der Waals surface area contributed by atoms with Crippen molar-refractivity contribution in [3.8, 4) is 22.8 Å². The Hall–Kier alpha value is -4.15. The van der Waals surface area contributed by atoms with E-state index in [1.807, 2.05) is 13.0 Å². The summed E-state index contributed by atoms with van der Waals surface area (Å²) in [5, 5.41) is 12.1. The van der Waals surface area contributed by atoms with E-state index in [2.05, 4.69) is 20.3 Å². The second-order valence-electron chi connectivity index (χ2n) is 7.89. The molecule has 1 fully saturated rings. The number of benzene rings is 2. The molecule has 2 aromatic heterocycles. The summed E-state index contributed by atoms with van der Waals surface area (Å²) >= 11 is 0. The Labute approximate surface area is 192 Å². The molecule has 0 aliphatic carbocycles. The van der Waals surface area contributed by atoms with Crippen molar-refractivity contribution in [2.45, 2.75) is 25.8 Å². The van der Waals surface area contributed by atoms with Gasteiger partial charge in [-0.05, 0) is 44.0 Å². The van der Waals surface area contributed by atoms with Gasteiger partial charge < -0.3 is 14.2 Å². The predicted octanol–water partition coefficient (Wildman–Crippen LogP) is 3.89. The highest BCUT2D eigenvalue weighted by molar-refractivity contribution is 5.98. The second kappa shape index (κ2) is 8.65. The number of rotatable bonds is 5. The largest absolute Gasteiger partial charge is 0.494 e. The summed E-state index contributed by atoms with van der Waals surface area (Å²) in [4.78, 5) is 20.8. The average molecular weight is 466 g/mol. The lowest BCUT2D eigenvalue weighted by molar-refractivity contribution is 0.0709. The maximum Gasteiger partial charge on any atom is 0.256 e. The number of methoxy groups -OCH3 is 1. The highest BCUT2D eigenvalue weighted by atomic mass is 19.1. The van der Waals surface area contributed by atoms with Gasteiger partial charge in [0.05, 0.1) is 36.3 Å². The van der Waals surface area contributed by atoms with Crippen molar-refractivity contribution in [1.29, 1.82) is 0 Å². The topological polar surface area (TPSA) is 99.2 Å². The molecular weight excluding hydrogens is 446 g/mol. The van der Waals surface area contributed by atoms with Gasteiger partial charge >= 0.3 is 0 Å². The summed E-state index contributed by atoms with van der Waals surface area (Å²) < 4.78 is 39.4. The molecule has 0 saturated carbocycles. The number of carbonyl (C=O) groups excluding carboxylic acids is 1. The fraction of sp³-hybridized carbons (Fsp3) is 0.261. The molecule has 2 aromatic carbocycles. The summed E-state index contributed by atoms with van der Waals surface area (Å²) in [7, 11) is 1.28. The van der Waals surface area contributed by atoms with Crippen molar-refractivity contribution in [2.24, 2.45) is 0 Å². The van der Waals surface area contributed by atoms with Crippen molar-refractivity contribution in [1.82, 2.24) is 30.0 Å². The molecule has 11 heteroatoms. The molecule has 34 heavy (non-hydrogen) atoms. The van der Waals surface area contributed by atoms with E-state index in [0.29, 0.717) is 30.6 Å². The number of hydrogen-bond acceptors (Lipinski definition) is 7. The molecule has 0 N–H and O–H groups in total. The molecule has 4 aromatic rings. The van der Waals surface area contributed by atoms with E-state index in [0.717, 1.165) is 11.6 Å². The Kier molecular flexibility index (Phi) is 5.52. The molecule has 1 atom stereocenters. The van der Waals surface area contributed by atoms with E-state index in [1.54, 1.807) is 17.0 Å². The smallest absolute Gasteiger partial charge is 0.256 e. The van der Waals surface area contributed by atoms with E-state index < -0.39 is 23.2 Å². The maximum absolute atomic E-state index is 14.7. The zero-order valence-corrected chi connectivity index (χ0v) is 18.4. The zero-order valence-electron chi connectivity index (χ0n) is 18.4. The minimum atomic E-state index is -0.926. The van der Waals surface area contributed by atoms with Gasteiger partial charge in [-0.15, -0.1) is 0 Å². The van der Waals surface area contributed by atoms with Crippen LogP contribution in [0.1, 0.15) is 40.7 Å². The van der Waals surface area contributed by atoms with Crippen LogP contribution in [-0.2, 0) is 0 Å². The normalized spacial score (nSPS) is 15.6. The Bertz CT molecular complexity index is 1360. The molecule has 5 rings (SSSR count). The van der Waals surface area contributed by atoms with E-state index in [4.69, 9.17) is 9.26 Å². The van der Waals surface area contributed by atoms with Crippen LogP contribution >= 0.6 is 0 Å². The van der Waals surface area contributed by atoms with E-state index in [-0.39, 0.29) is 23.4 Å². The third-order valence-electron chi connectivity index (χ3n) is 5.76. The number of ether oxygens (including phenoxy) is 1. The molecule has 1 amide bonds. The van der Waals surface area contributed by atoms with Crippen LogP contribution in [0.15, 0.2) is 47.2 Å². The molecule has 1 aliphatic rings. The first-order valence-electron chi connectivity index (χ1n) is 10.6. The van der Waals surface area contributed by atoms with E-state index >= 15 is 0 Å². The minimum absolute atomic E-state index is 0.105. The Morgan fingerprint density at radius 1 is 1.18 bits per heavy atom. The first kappa shape index (κ1) is 21.7. The van der Waals surface area contributed by atoms with Crippen LogP contribution in [0.4, 0.5) is 8.78 Å². The van der Waals surface area contributed by atoms with Gasteiger partial charge in [-0.3, -0.25) is 4.79 Å². The predicted molar refractivity (Wildman–Crippen MR) is 115 cm³/mol. The van der Waals surface area contributed by atoms with Crippen molar-refractivity contribution < 1.29 is 22.8 Å². The van der Waals surface area contributed by atoms with Gasteiger partial charge in [-0.1, -0.05) is 16.8 Å². The van der Waals surface area contributed by atoms with Crippen LogP contribution in [0, 0.1) is 18.6 Å². The van der Waals surface area contributed by atoms with Crippen LogP contribution in [0.2, 0.25) is 0 Å². The maximum atomic E-state index is 14.7. The number of nitrogens with zero attached hydrogens (tertiary/aromatic N) is 6. The molecule has 0 radical (unpaired) electrons. The first-order chi connectivity index (χ1) is 16.5. The van der Waals surface area contributed by atoms with Crippen LogP contribution in [-0.4, -0.2) is 49.6 Å². The van der Waals surface area contributed by atoms with Crippen molar-refractivity contribution in [3.63, 3.8) is 0 Å². The van der Waals surface area contributed by atoms with Crippen molar-refractivity contribution in [2.75, 3.05) is 13.7 Å². The number of amides is 1. The van der Waals surface area contributed by atoms with Crippen LogP contribution in [0.5, 0.6) is 5.75 Å². The number of halogens is 2. The Morgan fingerprint density at radius 3 is 2.74 bits per heavy atom. The monoisotopic (exact) mass is 466 g/mol. The number of likely N-dealkylation sites (tertiary alicyclic amines) is 1. The zero-order chi connectivity index (χ0) is 23.8. The number of aromatic nitrogens is 5. The van der Waals surface area contributed by atoms with Gasteiger partial charge in [-0.25, -0.2) is 8.78 Å². The van der Waals surface area contributed by atoms with Crippen molar-refractivity contribution in [3.05, 3.63) is 71.4 Å². The minimum Gasteiger partial charge on any atom is -0.494 e. The molecule has 1 unspecified atom stereocenters. The van der Waals surface area contributed by atoms with Gasteiger partial charge in [0.15, 0.2) is 11.6 Å².